The minimum atomic E-state index is -0.374. The topological polar surface area (TPSA) is 47.5 Å². The largest absolute Gasteiger partial charge is 0.459 e. The Morgan fingerprint density at radius 3 is 2.65 bits per heavy atom. The van der Waals surface area contributed by atoms with Crippen molar-refractivity contribution in [1.29, 1.82) is 0 Å². The van der Waals surface area contributed by atoms with Crippen LogP contribution in [0, 0.1) is 6.92 Å². The smallest absolute Gasteiger partial charge is 0.315 e. The molecule has 118 valence electrons. The van der Waals surface area contributed by atoms with Gasteiger partial charge in [0.25, 0.3) is 0 Å². The highest BCUT2D eigenvalue weighted by Gasteiger charge is 2.14. The van der Waals surface area contributed by atoms with Gasteiger partial charge in [0.05, 0.1) is 12.0 Å². The Morgan fingerprint density at radius 2 is 2.04 bits per heavy atom. The van der Waals surface area contributed by atoms with Crippen molar-refractivity contribution in [3.05, 3.63) is 63.1 Å². The number of aryl methyl sites for hydroxylation is 1. The molecule has 1 aromatic carbocycles. The molecule has 0 bridgehead atoms. The zero-order valence-electron chi connectivity index (χ0n) is 12.7. The fourth-order valence-corrected chi connectivity index (χ4v) is 3.60. The zero-order chi connectivity index (χ0) is 16.4. The van der Waals surface area contributed by atoms with Crippen molar-refractivity contribution in [3.8, 4) is 11.3 Å². The Morgan fingerprint density at radius 1 is 1.30 bits per heavy atom. The number of nitrogens with zero attached hydrogens (tertiary/aromatic N) is 2. The SMILES string of the molecule is CCn1c(-c2ccc(Cl)cc2)c(C)sc1=NC(=O)c1ccco1. The summed E-state index contributed by atoms with van der Waals surface area (Å²) in [5.41, 5.74) is 2.11. The summed E-state index contributed by atoms with van der Waals surface area (Å²) >= 11 is 7.46. The van der Waals surface area contributed by atoms with Crippen LogP contribution in [-0.4, -0.2) is 10.5 Å². The van der Waals surface area contributed by atoms with Gasteiger partial charge in [-0.1, -0.05) is 23.7 Å². The van der Waals surface area contributed by atoms with Crippen molar-refractivity contribution >= 4 is 28.8 Å². The molecule has 0 radical (unpaired) electrons. The number of hydrogen-bond acceptors (Lipinski definition) is 3. The summed E-state index contributed by atoms with van der Waals surface area (Å²) in [5.74, 6) is -0.132. The van der Waals surface area contributed by atoms with E-state index in [1.807, 2.05) is 42.7 Å². The second-order valence-electron chi connectivity index (χ2n) is 4.93. The van der Waals surface area contributed by atoms with Crippen molar-refractivity contribution in [2.24, 2.45) is 4.99 Å². The number of amides is 1. The Hall–Kier alpha value is -2.11. The van der Waals surface area contributed by atoms with Crippen LogP contribution >= 0.6 is 22.9 Å². The maximum absolute atomic E-state index is 12.2. The van der Waals surface area contributed by atoms with Crippen LogP contribution < -0.4 is 4.80 Å². The van der Waals surface area contributed by atoms with E-state index in [0.29, 0.717) is 16.4 Å². The van der Waals surface area contributed by atoms with Crippen molar-refractivity contribution in [1.82, 2.24) is 4.57 Å². The predicted octanol–water partition coefficient (Wildman–Crippen LogP) is 4.53. The first-order valence-corrected chi connectivity index (χ1v) is 8.38. The maximum Gasteiger partial charge on any atom is 0.315 e. The summed E-state index contributed by atoms with van der Waals surface area (Å²) < 4.78 is 7.15. The van der Waals surface area contributed by atoms with E-state index in [1.54, 1.807) is 12.1 Å². The Kier molecular flexibility index (Phi) is 4.50. The van der Waals surface area contributed by atoms with E-state index < -0.39 is 0 Å². The molecular formula is C17H15ClN2O2S. The monoisotopic (exact) mass is 346 g/mol. The van der Waals surface area contributed by atoms with E-state index in [1.165, 1.54) is 17.6 Å². The molecule has 0 aliphatic carbocycles. The van der Waals surface area contributed by atoms with Crippen molar-refractivity contribution in [2.75, 3.05) is 0 Å². The average Bonchev–Trinajstić information content (AvgIpc) is 3.16. The second-order valence-corrected chi connectivity index (χ2v) is 6.55. The lowest BCUT2D eigenvalue weighted by Crippen LogP contribution is -2.17. The number of aromatic nitrogens is 1. The van der Waals surface area contributed by atoms with Gasteiger partial charge in [0, 0.05) is 16.4 Å². The lowest BCUT2D eigenvalue weighted by molar-refractivity contribution is 0.0971. The molecule has 6 heteroatoms. The minimum Gasteiger partial charge on any atom is -0.459 e. The molecule has 23 heavy (non-hydrogen) atoms. The number of halogens is 1. The molecule has 0 atom stereocenters. The first kappa shape index (κ1) is 15.8. The third kappa shape index (κ3) is 3.16. The van der Waals surface area contributed by atoms with Crippen LogP contribution in [0.3, 0.4) is 0 Å². The summed E-state index contributed by atoms with van der Waals surface area (Å²) in [6.07, 6.45) is 1.47. The summed E-state index contributed by atoms with van der Waals surface area (Å²) in [6.45, 7) is 4.77. The normalized spacial score (nSPS) is 11.9. The average molecular weight is 347 g/mol. The molecule has 0 saturated heterocycles. The molecule has 3 aromatic rings. The third-order valence-electron chi connectivity index (χ3n) is 3.44. The summed E-state index contributed by atoms with van der Waals surface area (Å²) in [6, 6.07) is 11.0. The molecule has 2 aromatic heterocycles. The molecular weight excluding hydrogens is 332 g/mol. The number of benzene rings is 1. The highest BCUT2D eigenvalue weighted by Crippen LogP contribution is 2.26. The van der Waals surface area contributed by atoms with Crippen LogP contribution in [0.25, 0.3) is 11.3 Å². The first-order valence-electron chi connectivity index (χ1n) is 7.19. The molecule has 0 unspecified atom stereocenters. The molecule has 0 N–H and O–H groups in total. The molecule has 0 fully saturated rings. The molecule has 1 amide bonds. The fraction of sp³-hybridized carbons (Fsp3) is 0.176. The Labute approximate surface area is 142 Å². The van der Waals surface area contributed by atoms with E-state index in [0.717, 1.165) is 16.1 Å². The van der Waals surface area contributed by atoms with Crippen LogP contribution in [0.5, 0.6) is 0 Å². The van der Waals surface area contributed by atoms with E-state index >= 15 is 0 Å². The first-order chi connectivity index (χ1) is 11.1. The standard InChI is InChI=1S/C17H15ClN2O2S/c1-3-20-15(12-6-8-13(18)9-7-12)11(2)23-17(20)19-16(21)14-5-4-10-22-14/h4-10H,3H2,1-2H3. The summed E-state index contributed by atoms with van der Waals surface area (Å²) in [5, 5.41) is 0.697. The van der Waals surface area contributed by atoms with E-state index in [4.69, 9.17) is 16.0 Å². The number of hydrogen-bond donors (Lipinski definition) is 0. The number of furan rings is 1. The van der Waals surface area contributed by atoms with E-state index in [2.05, 4.69) is 4.99 Å². The number of carbonyl (C=O) groups excluding carboxylic acids is 1. The van der Waals surface area contributed by atoms with Gasteiger partial charge in [-0.2, -0.15) is 4.99 Å². The molecule has 0 saturated carbocycles. The van der Waals surface area contributed by atoms with Gasteiger partial charge in [0.15, 0.2) is 10.6 Å². The number of carbonyl (C=O) groups is 1. The van der Waals surface area contributed by atoms with Gasteiger partial charge in [-0.25, -0.2) is 0 Å². The lowest BCUT2D eigenvalue weighted by Gasteiger charge is -2.07. The van der Waals surface area contributed by atoms with E-state index in [-0.39, 0.29) is 11.7 Å². The quantitative estimate of drug-likeness (QED) is 0.699. The van der Waals surface area contributed by atoms with Crippen LogP contribution in [-0.2, 0) is 6.54 Å². The van der Waals surface area contributed by atoms with Gasteiger partial charge < -0.3 is 8.98 Å². The molecule has 0 aliphatic rings. The van der Waals surface area contributed by atoms with Crippen LogP contribution in [0.4, 0.5) is 0 Å². The summed E-state index contributed by atoms with van der Waals surface area (Å²) in [4.78, 5) is 18.1. The van der Waals surface area contributed by atoms with Gasteiger partial charge in [-0.3, -0.25) is 4.79 Å². The van der Waals surface area contributed by atoms with Crippen LogP contribution in [0.2, 0.25) is 5.02 Å². The zero-order valence-corrected chi connectivity index (χ0v) is 14.3. The van der Waals surface area contributed by atoms with Gasteiger partial charge in [-0.15, -0.1) is 11.3 Å². The Balaban J connectivity index is 2.12. The molecule has 0 aliphatic heterocycles. The summed E-state index contributed by atoms with van der Waals surface area (Å²) in [7, 11) is 0. The minimum absolute atomic E-state index is 0.242. The van der Waals surface area contributed by atoms with Crippen molar-refractivity contribution in [3.63, 3.8) is 0 Å². The molecule has 3 rings (SSSR count). The molecule has 2 heterocycles. The van der Waals surface area contributed by atoms with Gasteiger partial charge in [0.2, 0.25) is 0 Å². The number of thiazole rings is 1. The van der Waals surface area contributed by atoms with Crippen molar-refractivity contribution in [2.45, 2.75) is 20.4 Å². The van der Waals surface area contributed by atoms with Gasteiger partial charge in [0.1, 0.15) is 0 Å². The molecule has 0 spiro atoms. The Bertz CT molecular complexity index is 890. The van der Waals surface area contributed by atoms with E-state index in [9.17, 15) is 4.79 Å². The van der Waals surface area contributed by atoms with Crippen LogP contribution in [0.15, 0.2) is 52.1 Å². The fourth-order valence-electron chi connectivity index (χ4n) is 2.41. The van der Waals surface area contributed by atoms with Crippen molar-refractivity contribution < 1.29 is 9.21 Å². The highest BCUT2D eigenvalue weighted by atomic mass is 35.5. The number of rotatable bonds is 3. The molecule has 4 nitrogen and oxygen atoms in total. The second kappa shape index (κ2) is 6.56. The predicted molar refractivity (Wildman–Crippen MR) is 91.8 cm³/mol. The van der Waals surface area contributed by atoms with Gasteiger partial charge in [-0.05, 0) is 43.7 Å². The highest BCUT2D eigenvalue weighted by molar-refractivity contribution is 7.09. The van der Waals surface area contributed by atoms with Crippen LogP contribution in [0.1, 0.15) is 22.4 Å². The van der Waals surface area contributed by atoms with Gasteiger partial charge >= 0.3 is 5.91 Å². The maximum atomic E-state index is 12.2. The lowest BCUT2D eigenvalue weighted by atomic mass is 10.1. The third-order valence-corrected chi connectivity index (χ3v) is 4.69.